The van der Waals surface area contributed by atoms with Crippen LogP contribution in [0.5, 0.6) is 11.5 Å². The predicted octanol–water partition coefficient (Wildman–Crippen LogP) is 3.78. The molecule has 0 radical (unpaired) electrons. The van der Waals surface area contributed by atoms with Crippen molar-refractivity contribution in [3.8, 4) is 11.5 Å². The summed E-state index contributed by atoms with van der Waals surface area (Å²) in [6, 6.07) is 5.36. The molecule has 2 aromatic rings. The van der Waals surface area contributed by atoms with Crippen LogP contribution in [0.4, 0.5) is 0 Å². The van der Waals surface area contributed by atoms with Crippen LogP contribution in [0, 0.1) is 0 Å². The molecule has 1 atom stereocenters. The van der Waals surface area contributed by atoms with Crippen LogP contribution in [0.1, 0.15) is 78.3 Å². The maximum Gasteiger partial charge on any atom is 0.259 e. The van der Waals surface area contributed by atoms with Crippen LogP contribution >= 0.6 is 0 Å². The van der Waals surface area contributed by atoms with Gasteiger partial charge in [0.25, 0.3) is 11.8 Å². The lowest BCUT2D eigenvalue weighted by molar-refractivity contribution is 0.0759. The van der Waals surface area contributed by atoms with Crippen molar-refractivity contribution in [3.05, 3.63) is 57.5 Å². The van der Waals surface area contributed by atoms with Crippen LogP contribution in [-0.2, 0) is 6.54 Å². The van der Waals surface area contributed by atoms with E-state index < -0.39 is 11.3 Å². The molecule has 3 rings (SSSR count). The molecule has 0 spiro atoms. The van der Waals surface area contributed by atoms with Gasteiger partial charge in [0, 0.05) is 44.1 Å². The van der Waals surface area contributed by atoms with Crippen molar-refractivity contribution in [1.82, 2.24) is 14.8 Å². The van der Waals surface area contributed by atoms with Gasteiger partial charge in [0.1, 0.15) is 22.6 Å². The number of methoxy groups -OCH3 is 2. The van der Waals surface area contributed by atoms with Gasteiger partial charge in [-0.1, -0.05) is 19.8 Å². The first kappa shape index (κ1) is 25.3. The van der Waals surface area contributed by atoms with Gasteiger partial charge in [-0.05, 0) is 43.9 Å². The number of ether oxygens (including phenoxy) is 2. The van der Waals surface area contributed by atoms with Crippen molar-refractivity contribution in [3.63, 3.8) is 0 Å². The summed E-state index contributed by atoms with van der Waals surface area (Å²) < 4.78 is 12.4. The lowest BCUT2D eigenvalue weighted by atomic mass is 10.1. The first-order chi connectivity index (χ1) is 16.4. The topological polar surface area (TPSA) is 89.9 Å². The Bertz CT molecular complexity index is 1050. The van der Waals surface area contributed by atoms with Gasteiger partial charge in [-0.25, -0.2) is 0 Å². The summed E-state index contributed by atoms with van der Waals surface area (Å²) in [4.78, 5) is 41.4. The zero-order valence-electron chi connectivity index (χ0n) is 20.6. The molecule has 1 N–H and O–H groups in total. The molecule has 0 bridgehead atoms. The first-order valence-electron chi connectivity index (χ1n) is 11.9. The Kier molecular flexibility index (Phi) is 8.73. The van der Waals surface area contributed by atoms with E-state index in [-0.39, 0.29) is 29.6 Å². The number of carbonyl (C=O) groups is 2. The summed E-state index contributed by atoms with van der Waals surface area (Å²) in [5.74, 6) is 0.394. The highest BCUT2D eigenvalue weighted by Gasteiger charge is 2.24. The van der Waals surface area contributed by atoms with Crippen LogP contribution in [-0.4, -0.2) is 48.6 Å². The van der Waals surface area contributed by atoms with Crippen molar-refractivity contribution in [2.24, 2.45) is 0 Å². The van der Waals surface area contributed by atoms with Crippen molar-refractivity contribution in [1.29, 1.82) is 0 Å². The Hall–Kier alpha value is -3.29. The molecule has 1 fully saturated rings. The third-order valence-electron chi connectivity index (χ3n) is 6.38. The molecular formula is C26H35N3O5. The summed E-state index contributed by atoms with van der Waals surface area (Å²) >= 11 is 0. The van der Waals surface area contributed by atoms with Gasteiger partial charge in [-0.3, -0.25) is 14.4 Å². The molecule has 2 heterocycles. The minimum Gasteiger partial charge on any atom is -0.497 e. The second-order valence-electron chi connectivity index (χ2n) is 8.73. The quantitative estimate of drug-likeness (QED) is 0.635. The van der Waals surface area contributed by atoms with E-state index in [0.717, 1.165) is 37.7 Å². The zero-order valence-corrected chi connectivity index (χ0v) is 20.6. The van der Waals surface area contributed by atoms with Crippen LogP contribution in [0.2, 0.25) is 0 Å². The Balaban J connectivity index is 1.90. The number of nitrogens with zero attached hydrogens (tertiary/aromatic N) is 2. The maximum absolute atomic E-state index is 13.3. The molecular weight excluding hydrogens is 434 g/mol. The van der Waals surface area contributed by atoms with E-state index in [0.29, 0.717) is 24.6 Å². The fourth-order valence-electron chi connectivity index (χ4n) is 4.07. The summed E-state index contributed by atoms with van der Waals surface area (Å²) in [5.41, 5.74) is 0.256. The third kappa shape index (κ3) is 5.98. The normalized spacial score (nSPS) is 14.8. The Labute approximate surface area is 200 Å². The summed E-state index contributed by atoms with van der Waals surface area (Å²) in [5, 5.41) is 2.81. The molecule has 184 valence electrons. The van der Waals surface area contributed by atoms with Crippen molar-refractivity contribution < 1.29 is 19.1 Å². The lowest BCUT2D eigenvalue weighted by Crippen LogP contribution is -2.38. The largest absolute Gasteiger partial charge is 0.497 e. The summed E-state index contributed by atoms with van der Waals surface area (Å²) in [6.07, 6.45) is 7.97. The van der Waals surface area contributed by atoms with Crippen molar-refractivity contribution in [2.45, 2.75) is 58.5 Å². The van der Waals surface area contributed by atoms with Gasteiger partial charge >= 0.3 is 0 Å². The van der Waals surface area contributed by atoms with E-state index in [4.69, 9.17) is 9.47 Å². The fraction of sp³-hybridized carbons (Fsp3) is 0.500. The SMILES string of the molecule is CCC(C)n1cc(C(=O)NCc2cc(OC)cc(OC)c2)c(=O)c(C(=O)N2CCCCCC2)c1. The van der Waals surface area contributed by atoms with Crippen molar-refractivity contribution >= 4 is 11.8 Å². The molecule has 1 aliphatic heterocycles. The second kappa shape index (κ2) is 11.7. The molecule has 2 amide bonds. The van der Waals surface area contributed by atoms with E-state index in [9.17, 15) is 14.4 Å². The molecule has 1 saturated heterocycles. The Morgan fingerprint density at radius 1 is 0.971 bits per heavy atom. The number of aromatic nitrogens is 1. The molecule has 0 aliphatic carbocycles. The van der Waals surface area contributed by atoms with E-state index in [1.165, 1.54) is 0 Å². The lowest BCUT2D eigenvalue weighted by Gasteiger charge is -2.22. The number of pyridine rings is 1. The van der Waals surface area contributed by atoms with E-state index in [1.807, 2.05) is 13.8 Å². The van der Waals surface area contributed by atoms with Gasteiger partial charge in [0.05, 0.1) is 14.2 Å². The molecule has 34 heavy (non-hydrogen) atoms. The second-order valence-corrected chi connectivity index (χ2v) is 8.73. The fourth-order valence-corrected chi connectivity index (χ4v) is 4.07. The van der Waals surface area contributed by atoms with Crippen LogP contribution in [0.15, 0.2) is 35.4 Å². The first-order valence-corrected chi connectivity index (χ1v) is 11.9. The highest BCUT2D eigenvalue weighted by Crippen LogP contribution is 2.22. The van der Waals surface area contributed by atoms with Crippen LogP contribution in [0.3, 0.4) is 0 Å². The minimum absolute atomic E-state index is 0.0316. The Morgan fingerprint density at radius 3 is 2.12 bits per heavy atom. The number of hydrogen-bond donors (Lipinski definition) is 1. The zero-order chi connectivity index (χ0) is 24.7. The van der Waals surface area contributed by atoms with Gasteiger partial charge in [0.2, 0.25) is 5.43 Å². The molecule has 1 unspecified atom stereocenters. The van der Waals surface area contributed by atoms with Gasteiger partial charge in [-0.15, -0.1) is 0 Å². The molecule has 8 heteroatoms. The van der Waals surface area contributed by atoms with E-state index >= 15 is 0 Å². The van der Waals surface area contributed by atoms with E-state index in [1.54, 1.807) is 54.3 Å². The molecule has 0 saturated carbocycles. The third-order valence-corrected chi connectivity index (χ3v) is 6.38. The van der Waals surface area contributed by atoms with Crippen LogP contribution < -0.4 is 20.2 Å². The molecule has 8 nitrogen and oxygen atoms in total. The van der Waals surface area contributed by atoms with Crippen LogP contribution in [0.25, 0.3) is 0 Å². The van der Waals surface area contributed by atoms with E-state index in [2.05, 4.69) is 5.32 Å². The molecule has 1 aliphatic rings. The summed E-state index contributed by atoms with van der Waals surface area (Å²) in [6.45, 7) is 5.47. The van der Waals surface area contributed by atoms with Gasteiger partial charge in [0.15, 0.2) is 0 Å². The highest BCUT2D eigenvalue weighted by atomic mass is 16.5. The average molecular weight is 470 g/mol. The standard InChI is InChI=1S/C26H35N3O5/c1-5-18(2)29-16-22(24(30)23(17-29)26(32)28-10-8-6-7-9-11-28)25(31)27-15-19-12-20(33-3)14-21(13-19)34-4/h12-14,16-18H,5-11,15H2,1-4H3,(H,27,31). The van der Waals surface area contributed by atoms with Gasteiger partial charge in [-0.2, -0.15) is 0 Å². The smallest absolute Gasteiger partial charge is 0.259 e. The predicted molar refractivity (Wildman–Crippen MR) is 131 cm³/mol. The maximum atomic E-state index is 13.3. The molecule has 1 aromatic carbocycles. The summed E-state index contributed by atoms with van der Waals surface area (Å²) in [7, 11) is 3.11. The monoisotopic (exact) mass is 469 g/mol. The average Bonchev–Trinajstić information content (AvgIpc) is 3.16. The number of nitrogens with one attached hydrogen (secondary N) is 1. The Morgan fingerprint density at radius 2 is 1.56 bits per heavy atom. The van der Waals surface area contributed by atoms with Gasteiger partial charge < -0.3 is 24.3 Å². The molecule has 1 aromatic heterocycles. The number of likely N-dealkylation sites (tertiary alicyclic amines) is 1. The number of carbonyl (C=O) groups excluding carboxylic acids is 2. The number of rotatable bonds is 8. The number of benzene rings is 1. The number of amides is 2. The highest BCUT2D eigenvalue weighted by molar-refractivity contribution is 5.99. The van der Waals surface area contributed by atoms with Crippen molar-refractivity contribution in [2.75, 3.05) is 27.3 Å². The number of hydrogen-bond acceptors (Lipinski definition) is 5. The minimum atomic E-state index is -0.533.